The lowest BCUT2D eigenvalue weighted by Gasteiger charge is -2.34. The van der Waals surface area contributed by atoms with Gasteiger partial charge in [-0.25, -0.2) is 4.39 Å². The van der Waals surface area contributed by atoms with Gasteiger partial charge in [-0.05, 0) is 75.2 Å². The van der Waals surface area contributed by atoms with Crippen molar-refractivity contribution >= 4 is 0 Å². The zero-order valence-corrected chi connectivity index (χ0v) is 10.9. The molecule has 1 aliphatic carbocycles. The Morgan fingerprint density at radius 3 is 2.11 bits per heavy atom. The zero-order valence-electron chi connectivity index (χ0n) is 10.9. The van der Waals surface area contributed by atoms with Crippen molar-refractivity contribution in [1.82, 2.24) is 4.90 Å². The number of likely N-dealkylation sites (tertiary alicyclic amines) is 1. The molecule has 2 fully saturated rings. The summed E-state index contributed by atoms with van der Waals surface area (Å²) in [6, 6.07) is 7.96. The molecule has 1 saturated carbocycles. The van der Waals surface area contributed by atoms with E-state index < -0.39 is 0 Å². The maximum absolute atomic E-state index is 12.9. The molecule has 1 saturated heterocycles. The van der Waals surface area contributed by atoms with E-state index in [0.29, 0.717) is 5.92 Å². The third-order valence-corrected chi connectivity index (χ3v) is 4.70. The number of hydrogen-bond acceptors (Lipinski definition) is 1. The molecule has 1 heterocycles. The van der Waals surface area contributed by atoms with E-state index in [1.807, 2.05) is 12.1 Å². The summed E-state index contributed by atoms with van der Waals surface area (Å²) in [6.07, 6.45) is 7.96. The zero-order chi connectivity index (χ0) is 12.4. The van der Waals surface area contributed by atoms with Crippen molar-refractivity contribution in [3.63, 3.8) is 0 Å². The molecule has 0 amide bonds. The molecule has 1 nitrogen and oxygen atoms in total. The maximum atomic E-state index is 12.9. The van der Waals surface area contributed by atoms with Crippen molar-refractivity contribution in [3.8, 4) is 0 Å². The second-order valence-corrected chi connectivity index (χ2v) is 5.80. The lowest BCUT2D eigenvalue weighted by atomic mass is 9.81. The first-order chi connectivity index (χ1) is 8.83. The van der Waals surface area contributed by atoms with Crippen LogP contribution in [-0.4, -0.2) is 24.0 Å². The van der Waals surface area contributed by atoms with E-state index in [4.69, 9.17) is 0 Å². The Labute approximate surface area is 109 Å². The SMILES string of the molecule is Fc1ccc(C2CCC(N3CCCC3)CC2)cc1. The predicted molar refractivity (Wildman–Crippen MR) is 72.2 cm³/mol. The number of halogens is 1. The molecule has 0 bridgehead atoms. The quantitative estimate of drug-likeness (QED) is 0.765. The van der Waals surface area contributed by atoms with Crippen molar-refractivity contribution in [1.29, 1.82) is 0 Å². The van der Waals surface area contributed by atoms with Crippen LogP contribution in [0.25, 0.3) is 0 Å². The van der Waals surface area contributed by atoms with Gasteiger partial charge in [0.25, 0.3) is 0 Å². The average molecular weight is 247 g/mol. The van der Waals surface area contributed by atoms with Gasteiger partial charge in [0.15, 0.2) is 0 Å². The van der Waals surface area contributed by atoms with E-state index in [0.717, 1.165) is 6.04 Å². The lowest BCUT2D eigenvalue weighted by molar-refractivity contribution is 0.182. The van der Waals surface area contributed by atoms with Gasteiger partial charge in [-0.1, -0.05) is 12.1 Å². The molecular weight excluding hydrogens is 225 g/mol. The van der Waals surface area contributed by atoms with E-state index in [2.05, 4.69) is 4.90 Å². The standard InChI is InChI=1S/C16H22FN/c17-15-7-3-13(4-8-15)14-5-9-16(10-6-14)18-11-1-2-12-18/h3-4,7-8,14,16H,1-2,5-6,9-12H2. The molecule has 0 spiro atoms. The fourth-order valence-corrected chi connectivity index (χ4v) is 3.62. The molecule has 1 aromatic carbocycles. The van der Waals surface area contributed by atoms with Gasteiger partial charge in [-0.15, -0.1) is 0 Å². The van der Waals surface area contributed by atoms with Crippen LogP contribution in [0, 0.1) is 5.82 Å². The molecule has 0 radical (unpaired) electrons. The third-order valence-electron chi connectivity index (χ3n) is 4.70. The minimum absolute atomic E-state index is 0.121. The Kier molecular flexibility index (Phi) is 3.64. The highest BCUT2D eigenvalue weighted by Crippen LogP contribution is 2.35. The van der Waals surface area contributed by atoms with Gasteiger partial charge >= 0.3 is 0 Å². The summed E-state index contributed by atoms with van der Waals surface area (Å²) in [5.74, 6) is 0.536. The van der Waals surface area contributed by atoms with E-state index in [9.17, 15) is 4.39 Å². The Balaban J connectivity index is 1.57. The maximum Gasteiger partial charge on any atom is 0.123 e. The summed E-state index contributed by atoms with van der Waals surface area (Å²) >= 11 is 0. The fraction of sp³-hybridized carbons (Fsp3) is 0.625. The van der Waals surface area contributed by atoms with Crippen molar-refractivity contribution in [2.24, 2.45) is 0 Å². The predicted octanol–water partition coefficient (Wildman–Crippen LogP) is 3.95. The molecular formula is C16H22FN. The summed E-state index contributed by atoms with van der Waals surface area (Å²) in [5, 5.41) is 0. The minimum atomic E-state index is -0.121. The van der Waals surface area contributed by atoms with Crippen LogP contribution in [0.3, 0.4) is 0 Å². The van der Waals surface area contributed by atoms with Crippen LogP contribution in [0.1, 0.15) is 50.0 Å². The summed E-state index contributed by atoms with van der Waals surface area (Å²) in [7, 11) is 0. The Morgan fingerprint density at radius 1 is 0.889 bits per heavy atom. The van der Waals surface area contributed by atoms with Gasteiger partial charge in [-0.3, -0.25) is 0 Å². The summed E-state index contributed by atoms with van der Waals surface area (Å²) in [6.45, 7) is 2.62. The third kappa shape index (κ3) is 2.59. The Bertz CT molecular complexity index is 373. The number of benzene rings is 1. The summed E-state index contributed by atoms with van der Waals surface area (Å²) in [4.78, 5) is 2.68. The molecule has 0 N–H and O–H groups in total. The normalized spacial score (nSPS) is 29.6. The van der Waals surface area contributed by atoms with Gasteiger partial charge in [0, 0.05) is 6.04 Å². The van der Waals surface area contributed by atoms with Crippen LogP contribution in [0.5, 0.6) is 0 Å². The molecule has 3 rings (SSSR count). The van der Waals surface area contributed by atoms with Crippen LogP contribution in [0.4, 0.5) is 4.39 Å². The van der Waals surface area contributed by atoms with Crippen LogP contribution in [0.15, 0.2) is 24.3 Å². The van der Waals surface area contributed by atoms with Crippen LogP contribution in [0.2, 0.25) is 0 Å². The molecule has 18 heavy (non-hydrogen) atoms. The van der Waals surface area contributed by atoms with Crippen LogP contribution < -0.4 is 0 Å². The van der Waals surface area contributed by atoms with E-state index in [1.165, 1.54) is 57.2 Å². The number of hydrogen-bond donors (Lipinski definition) is 0. The molecule has 0 aromatic heterocycles. The number of rotatable bonds is 2. The highest BCUT2D eigenvalue weighted by molar-refractivity contribution is 5.21. The lowest BCUT2D eigenvalue weighted by Crippen LogP contribution is -2.35. The molecule has 0 unspecified atom stereocenters. The van der Waals surface area contributed by atoms with Gasteiger partial charge in [-0.2, -0.15) is 0 Å². The molecule has 0 atom stereocenters. The van der Waals surface area contributed by atoms with Gasteiger partial charge < -0.3 is 4.90 Å². The molecule has 1 aliphatic heterocycles. The van der Waals surface area contributed by atoms with Crippen molar-refractivity contribution in [3.05, 3.63) is 35.6 Å². The van der Waals surface area contributed by atoms with Crippen LogP contribution >= 0.6 is 0 Å². The first-order valence-corrected chi connectivity index (χ1v) is 7.32. The first kappa shape index (κ1) is 12.2. The van der Waals surface area contributed by atoms with Crippen molar-refractivity contribution in [2.75, 3.05) is 13.1 Å². The smallest absolute Gasteiger partial charge is 0.123 e. The second kappa shape index (κ2) is 5.40. The average Bonchev–Trinajstić information content (AvgIpc) is 2.94. The second-order valence-electron chi connectivity index (χ2n) is 5.80. The summed E-state index contributed by atoms with van der Waals surface area (Å²) < 4.78 is 12.9. The largest absolute Gasteiger partial charge is 0.300 e. The Morgan fingerprint density at radius 2 is 1.50 bits per heavy atom. The molecule has 2 heteroatoms. The molecule has 2 aliphatic rings. The minimum Gasteiger partial charge on any atom is -0.300 e. The highest BCUT2D eigenvalue weighted by Gasteiger charge is 2.27. The fourth-order valence-electron chi connectivity index (χ4n) is 3.62. The van der Waals surface area contributed by atoms with Crippen molar-refractivity contribution in [2.45, 2.75) is 50.5 Å². The van der Waals surface area contributed by atoms with E-state index >= 15 is 0 Å². The summed E-state index contributed by atoms with van der Waals surface area (Å²) in [5.41, 5.74) is 1.33. The van der Waals surface area contributed by atoms with E-state index in [1.54, 1.807) is 12.1 Å². The van der Waals surface area contributed by atoms with Crippen molar-refractivity contribution < 1.29 is 4.39 Å². The number of nitrogens with zero attached hydrogens (tertiary/aromatic N) is 1. The first-order valence-electron chi connectivity index (χ1n) is 7.32. The Hall–Kier alpha value is -0.890. The van der Waals surface area contributed by atoms with Gasteiger partial charge in [0.2, 0.25) is 0 Å². The molecule has 1 aromatic rings. The van der Waals surface area contributed by atoms with Gasteiger partial charge in [0.1, 0.15) is 5.82 Å². The monoisotopic (exact) mass is 247 g/mol. The van der Waals surface area contributed by atoms with Gasteiger partial charge in [0.05, 0.1) is 0 Å². The van der Waals surface area contributed by atoms with E-state index in [-0.39, 0.29) is 5.82 Å². The highest BCUT2D eigenvalue weighted by atomic mass is 19.1. The topological polar surface area (TPSA) is 3.24 Å². The molecule has 98 valence electrons. The van der Waals surface area contributed by atoms with Crippen LogP contribution in [-0.2, 0) is 0 Å².